The molecule has 0 aliphatic carbocycles. The molecule has 1 aromatic rings. The maximum atomic E-state index is 14.6. The Morgan fingerprint density at radius 2 is 1.87 bits per heavy atom. The Bertz CT molecular complexity index is 1120. The Hall–Kier alpha value is -2.49. The van der Waals surface area contributed by atoms with Crippen molar-refractivity contribution in [2.24, 2.45) is 11.8 Å². The highest BCUT2D eigenvalue weighted by molar-refractivity contribution is 9.09. The molecule has 1 aromatic carbocycles. The number of likely N-dealkylation sites (tertiary alicyclic amines) is 1. The molecule has 6 atom stereocenters. The molecule has 2 bridgehead atoms. The third-order valence-corrected chi connectivity index (χ3v) is 9.15. The fourth-order valence-electron chi connectivity index (χ4n) is 6.90. The van der Waals surface area contributed by atoms with Crippen LogP contribution in [0.3, 0.4) is 0 Å². The number of aliphatic hydroxyl groups is 1. The number of amides is 3. The molecule has 9 heteroatoms. The zero-order valence-electron chi connectivity index (χ0n) is 23.1. The second-order valence-corrected chi connectivity index (χ2v) is 12.0. The van der Waals surface area contributed by atoms with E-state index in [0.717, 1.165) is 23.2 Å². The summed E-state index contributed by atoms with van der Waals surface area (Å²) in [5.74, 6) is -2.13. The van der Waals surface area contributed by atoms with E-state index >= 15 is 0 Å². The lowest BCUT2D eigenvalue weighted by molar-refractivity contribution is -0.145. The number of benzene rings is 1. The lowest BCUT2D eigenvalue weighted by Crippen LogP contribution is -2.57. The molecule has 3 saturated heterocycles. The van der Waals surface area contributed by atoms with Gasteiger partial charge >= 0.3 is 0 Å². The van der Waals surface area contributed by atoms with Gasteiger partial charge in [-0.1, -0.05) is 53.2 Å². The molecular formula is C30H40BrN3O5. The fourth-order valence-corrected chi connectivity index (χ4v) is 7.84. The van der Waals surface area contributed by atoms with Gasteiger partial charge in [0.15, 0.2) is 0 Å². The van der Waals surface area contributed by atoms with Gasteiger partial charge in [-0.3, -0.25) is 14.4 Å². The van der Waals surface area contributed by atoms with Crippen molar-refractivity contribution in [3.05, 3.63) is 54.6 Å². The standard InChI is InChI=1S/C30H40BrN3O5/c1-6-13-32(14-7-2)27(36)22-23-28(37)34(16-10-17-35)26(30(23)18-21(31)25(22)39-30)29(38)33(15-8-3)24-19(4)11-9-12-20(24)5/h6,8-9,11-12,21-23,25-26,35H,1,3,7,10,13-18H2,2,4-5H3/t21?,22-,23-,25-,26?,30?/m0/s1. The van der Waals surface area contributed by atoms with Gasteiger partial charge in [-0.05, 0) is 44.2 Å². The van der Waals surface area contributed by atoms with Gasteiger partial charge in [0.05, 0.1) is 17.9 Å². The zero-order chi connectivity index (χ0) is 28.5. The number of ether oxygens (including phenoxy) is 1. The molecule has 3 aliphatic rings. The topological polar surface area (TPSA) is 90.4 Å². The van der Waals surface area contributed by atoms with Crippen LogP contribution in [0.5, 0.6) is 0 Å². The molecule has 39 heavy (non-hydrogen) atoms. The average Bonchev–Trinajstić information content (AvgIpc) is 3.49. The number of alkyl halides is 1. The van der Waals surface area contributed by atoms with Gasteiger partial charge in [-0.25, -0.2) is 0 Å². The molecule has 8 nitrogen and oxygen atoms in total. The van der Waals surface area contributed by atoms with Crippen LogP contribution in [0.15, 0.2) is 43.5 Å². The fraction of sp³-hybridized carbons (Fsp3) is 0.567. The van der Waals surface area contributed by atoms with Crippen LogP contribution in [0, 0.1) is 25.7 Å². The largest absolute Gasteiger partial charge is 0.396 e. The van der Waals surface area contributed by atoms with Crippen LogP contribution < -0.4 is 4.90 Å². The molecule has 1 N–H and O–H groups in total. The summed E-state index contributed by atoms with van der Waals surface area (Å²) in [6.45, 7) is 14.9. The third kappa shape index (κ3) is 4.87. The van der Waals surface area contributed by atoms with E-state index in [-0.39, 0.29) is 42.2 Å². The van der Waals surface area contributed by atoms with E-state index in [1.807, 2.05) is 39.0 Å². The molecule has 212 valence electrons. The van der Waals surface area contributed by atoms with Gasteiger partial charge in [-0.2, -0.15) is 0 Å². The Kier molecular flexibility index (Phi) is 9.03. The Morgan fingerprint density at radius 3 is 2.46 bits per heavy atom. The SMILES string of the molecule is C=CCN(CCC)C(=O)[C@H]1[C@H]2C(=O)N(CCCO)C(C(=O)N(CC=C)c3c(C)cccc3C)C23CC(Br)[C@@H]1O3. The molecule has 0 aromatic heterocycles. The first-order valence-corrected chi connectivity index (χ1v) is 14.7. The summed E-state index contributed by atoms with van der Waals surface area (Å²) < 4.78 is 6.66. The molecule has 1 spiro atoms. The lowest BCUT2D eigenvalue weighted by Gasteiger charge is -2.38. The first-order chi connectivity index (χ1) is 18.7. The monoisotopic (exact) mass is 601 g/mol. The minimum Gasteiger partial charge on any atom is -0.396 e. The van der Waals surface area contributed by atoms with Crippen LogP contribution in [-0.4, -0.2) is 88.0 Å². The number of hydrogen-bond donors (Lipinski definition) is 1. The van der Waals surface area contributed by atoms with Gasteiger partial charge in [0, 0.05) is 43.3 Å². The molecule has 4 rings (SSSR count). The second kappa shape index (κ2) is 11.9. The van der Waals surface area contributed by atoms with Crippen molar-refractivity contribution >= 4 is 39.3 Å². The predicted octanol–water partition coefficient (Wildman–Crippen LogP) is 3.38. The number of fused-ring (bicyclic) bond motifs is 1. The number of anilines is 1. The highest BCUT2D eigenvalue weighted by atomic mass is 79.9. The first-order valence-electron chi connectivity index (χ1n) is 13.8. The summed E-state index contributed by atoms with van der Waals surface area (Å²) in [4.78, 5) is 47.5. The van der Waals surface area contributed by atoms with E-state index in [1.165, 1.54) is 0 Å². The number of carbonyl (C=O) groups is 3. The first kappa shape index (κ1) is 29.5. The summed E-state index contributed by atoms with van der Waals surface area (Å²) in [7, 11) is 0. The lowest BCUT2D eigenvalue weighted by atomic mass is 9.70. The van der Waals surface area contributed by atoms with Crippen LogP contribution in [0.2, 0.25) is 0 Å². The van der Waals surface area contributed by atoms with E-state index in [9.17, 15) is 19.5 Å². The average molecular weight is 603 g/mol. The van der Waals surface area contributed by atoms with E-state index in [2.05, 4.69) is 29.1 Å². The van der Waals surface area contributed by atoms with E-state index in [1.54, 1.807) is 26.9 Å². The van der Waals surface area contributed by atoms with Crippen molar-refractivity contribution in [3.63, 3.8) is 0 Å². The quantitative estimate of drug-likeness (QED) is 0.293. The molecule has 3 aliphatic heterocycles. The Morgan fingerprint density at radius 1 is 1.21 bits per heavy atom. The molecule has 3 fully saturated rings. The van der Waals surface area contributed by atoms with Crippen LogP contribution >= 0.6 is 15.9 Å². The smallest absolute Gasteiger partial charge is 0.253 e. The third-order valence-electron chi connectivity index (χ3n) is 8.31. The minimum atomic E-state index is -1.15. The highest BCUT2D eigenvalue weighted by Crippen LogP contribution is 2.60. The van der Waals surface area contributed by atoms with Crippen LogP contribution in [0.25, 0.3) is 0 Å². The molecular weight excluding hydrogens is 562 g/mol. The second-order valence-electron chi connectivity index (χ2n) is 10.8. The maximum Gasteiger partial charge on any atom is 0.253 e. The van der Waals surface area contributed by atoms with Gasteiger partial charge in [0.25, 0.3) is 5.91 Å². The summed E-state index contributed by atoms with van der Waals surface area (Å²) in [6.07, 6.45) is 4.39. The molecule has 3 heterocycles. The number of para-hydroxylation sites is 1. The van der Waals surface area contributed by atoms with Crippen LogP contribution in [0.1, 0.15) is 37.3 Å². The molecule has 0 radical (unpaired) electrons. The summed E-state index contributed by atoms with van der Waals surface area (Å²) in [6, 6.07) is 4.94. The van der Waals surface area contributed by atoms with Gasteiger partial charge in [0.2, 0.25) is 11.8 Å². The van der Waals surface area contributed by atoms with Gasteiger partial charge in [-0.15, -0.1) is 13.2 Å². The van der Waals surface area contributed by atoms with Crippen molar-refractivity contribution in [1.29, 1.82) is 0 Å². The predicted molar refractivity (Wildman–Crippen MR) is 155 cm³/mol. The molecule has 3 unspecified atom stereocenters. The number of nitrogens with zero attached hydrogens (tertiary/aromatic N) is 3. The maximum absolute atomic E-state index is 14.6. The highest BCUT2D eigenvalue weighted by Gasteiger charge is 2.76. The van der Waals surface area contributed by atoms with Crippen molar-refractivity contribution in [1.82, 2.24) is 9.80 Å². The minimum absolute atomic E-state index is 0.119. The van der Waals surface area contributed by atoms with E-state index < -0.39 is 29.6 Å². The number of hydrogen-bond acceptors (Lipinski definition) is 5. The molecule has 0 saturated carbocycles. The number of halogens is 1. The summed E-state index contributed by atoms with van der Waals surface area (Å²) in [5.41, 5.74) is 1.51. The van der Waals surface area contributed by atoms with Crippen LogP contribution in [0.4, 0.5) is 5.69 Å². The van der Waals surface area contributed by atoms with Gasteiger partial charge in [0.1, 0.15) is 11.6 Å². The Balaban J connectivity index is 1.81. The zero-order valence-corrected chi connectivity index (χ0v) is 24.7. The van der Waals surface area contributed by atoms with E-state index in [0.29, 0.717) is 25.9 Å². The van der Waals surface area contributed by atoms with Crippen molar-refractivity contribution in [2.45, 2.75) is 62.6 Å². The number of aliphatic hydroxyl groups excluding tert-OH is 1. The molecule has 3 amide bonds. The van der Waals surface area contributed by atoms with E-state index in [4.69, 9.17) is 4.74 Å². The van der Waals surface area contributed by atoms with Crippen molar-refractivity contribution < 1.29 is 24.2 Å². The number of rotatable bonds is 12. The van der Waals surface area contributed by atoms with Crippen molar-refractivity contribution in [3.8, 4) is 0 Å². The summed E-state index contributed by atoms with van der Waals surface area (Å²) in [5, 5.41) is 9.63. The normalized spacial score (nSPS) is 28.9. The van der Waals surface area contributed by atoms with Crippen molar-refractivity contribution in [2.75, 3.05) is 37.7 Å². The number of carbonyl (C=O) groups excluding carboxylic acids is 3. The van der Waals surface area contributed by atoms with Gasteiger partial charge < -0.3 is 24.5 Å². The number of aryl methyl sites for hydroxylation is 2. The van der Waals surface area contributed by atoms with Crippen LogP contribution in [-0.2, 0) is 19.1 Å². The Labute approximate surface area is 239 Å². The summed E-state index contributed by atoms with van der Waals surface area (Å²) >= 11 is 3.74.